The van der Waals surface area contributed by atoms with Crippen LogP contribution in [0.2, 0.25) is 5.02 Å². The minimum Gasteiger partial charge on any atom is -0.282 e. The lowest BCUT2D eigenvalue weighted by Gasteiger charge is -2.19. The third-order valence-corrected chi connectivity index (χ3v) is 6.07. The highest BCUT2D eigenvalue weighted by atomic mass is 35.5. The lowest BCUT2D eigenvalue weighted by atomic mass is 10.3. The number of carbonyl (C=O) groups is 1. The van der Waals surface area contributed by atoms with Crippen molar-refractivity contribution in [2.24, 2.45) is 0 Å². The molecule has 3 aromatic heterocycles. The first kappa shape index (κ1) is 17.1. The van der Waals surface area contributed by atoms with Crippen LogP contribution in [0.15, 0.2) is 60.1 Å². The van der Waals surface area contributed by atoms with Crippen molar-refractivity contribution < 1.29 is 4.79 Å². The smallest absolute Gasteiger partial charge is 0.234 e. The molecule has 1 aromatic carbocycles. The summed E-state index contributed by atoms with van der Waals surface area (Å²) in [4.78, 5) is 24.7. The first-order chi connectivity index (χ1) is 12.7. The van der Waals surface area contributed by atoms with Crippen molar-refractivity contribution in [2.75, 3.05) is 4.90 Å². The fourth-order valence-corrected chi connectivity index (χ4v) is 4.57. The predicted octanol–water partition coefficient (Wildman–Crippen LogP) is 5.18. The Labute approximate surface area is 163 Å². The van der Waals surface area contributed by atoms with E-state index >= 15 is 0 Å². The van der Waals surface area contributed by atoms with E-state index in [1.54, 1.807) is 22.4 Å². The number of rotatable bonds is 5. The van der Waals surface area contributed by atoms with E-state index in [0.717, 1.165) is 20.8 Å². The normalized spacial score (nSPS) is 11.0. The number of nitrogens with zero attached hydrogens (tertiary/aromatic N) is 3. The van der Waals surface area contributed by atoms with Crippen molar-refractivity contribution in [1.29, 1.82) is 0 Å². The molecule has 0 bridgehead atoms. The molecule has 0 radical (unpaired) electrons. The largest absolute Gasteiger partial charge is 0.282 e. The Morgan fingerprint density at radius 3 is 2.77 bits per heavy atom. The molecule has 26 heavy (non-hydrogen) atoms. The maximum atomic E-state index is 13.0. The van der Waals surface area contributed by atoms with E-state index in [0.29, 0.717) is 23.1 Å². The van der Waals surface area contributed by atoms with Crippen LogP contribution in [0.3, 0.4) is 0 Å². The van der Waals surface area contributed by atoms with Crippen LogP contribution in [-0.4, -0.2) is 15.9 Å². The molecule has 0 aliphatic heterocycles. The highest BCUT2D eigenvalue weighted by Gasteiger charge is 2.22. The lowest BCUT2D eigenvalue weighted by molar-refractivity contribution is -0.118. The monoisotopic (exact) mass is 399 g/mol. The summed E-state index contributed by atoms with van der Waals surface area (Å²) in [7, 11) is 0. The fourth-order valence-electron chi connectivity index (χ4n) is 2.59. The van der Waals surface area contributed by atoms with Gasteiger partial charge in [-0.15, -0.1) is 11.3 Å². The van der Waals surface area contributed by atoms with E-state index in [2.05, 4.69) is 9.97 Å². The number of hydrogen-bond donors (Lipinski definition) is 0. The molecule has 0 fully saturated rings. The molecule has 130 valence electrons. The molecule has 0 spiro atoms. The second-order valence-electron chi connectivity index (χ2n) is 5.64. The highest BCUT2D eigenvalue weighted by Crippen LogP contribution is 2.33. The molecule has 4 rings (SSSR count). The van der Waals surface area contributed by atoms with E-state index < -0.39 is 0 Å². The zero-order chi connectivity index (χ0) is 17.9. The van der Waals surface area contributed by atoms with Gasteiger partial charge in [0.2, 0.25) is 5.91 Å². The van der Waals surface area contributed by atoms with Crippen LogP contribution in [0.1, 0.15) is 10.6 Å². The van der Waals surface area contributed by atoms with Crippen LogP contribution in [0, 0.1) is 0 Å². The average Bonchev–Trinajstić information content (AvgIpc) is 3.30. The first-order valence-electron chi connectivity index (χ1n) is 7.98. The Morgan fingerprint density at radius 2 is 2.04 bits per heavy atom. The SMILES string of the molecule is O=C(Cc1cccs1)N(Cc1ccccn1)c1nc2c(Cl)cccc2s1. The molecule has 0 saturated heterocycles. The summed E-state index contributed by atoms with van der Waals surface area (Å²) in [6.45, 7) is 0.377. The minimum absolute atomic E-state index is 0.00622. The van der Waals surface area contributed by atoms with Crippen molar-refractivity contribution in [3.8, 4) is 0 Å². The fraction of sp³-hybridized carbons (Fsp3) is 0.105. The molecule has 3 heterocycles. The van der Waals surface area contributed by atoms with Crippen LogP contribution in [-0.2, 0) is 17.8 Å². The van der Waals surface area contributed by atoms with Crippen LogP contribution in [0.5, 0.6) is 0 Å². The van der Waals surface area contributed by atoms with Gasteiger partial charge in [0.25, 0.3) is 0 Å². The van der Waals surface area contributed by atoms with Crippen molar-refractivity contribution >= 4 is 55.5 Å². The second-order valence-corrected chi connectivity index (χ2v) is 8.09. The second kappa shape index (κ2) is 7.53. The van der Waals surface area contributed by atoms with Gasteiger partial charge in [-0.05, 0) is 35.7 Å². The first-order valence-corrected chi connectivity index (χ1v) is 10.1. The Kier molecular flexibility index (Phi) is 4.97. The van der Waals surface area contributed by atoms with Crippen molar-refractivity contribution in [2.45, 2.75) is 13.0 Å². The maximum absolute atomic E-state index is 13.0. The molecule has 0 atom stereocenters. The summed E-state index contributed by atoms with van der Waals surface area (Å²) in [5, 5.41) is 3.21. The van der Waals surface area contributed by atoms with Crippen LogP contribution in [0.25, 0.3) is 10.2 Å². The molecular formula is C19H14ClN3OS2. The van der Waals surface area contributed by atoms with Gasteiger partial charge >= 0.3 is 0 Å². The molecule has 0 aliphatic carbocycles. The molecule has 4 nitrogen and oxygen atoms in total. The van der Waals surface area contributed by atoms with E-state index in [1.807, 2.05) is 53.9 Å². The van der Waals surface area contributed by atoms with Crippen molar-refractivity contribution in [3.05, 3.63) is 75.7 Å². The van der Waals surface area contributed by atoms with E-state index in [1.165, 1.54) is 11.3 Å². The zero-order valence-corrected chi connectivity index (χ0v) is 16.0. The highest BCUT2D eigenvalue weighted by molar-refractivity contribution is 7.22. The Morgan fingerprint density at radius 1 is 1.12 bits per heavy atom. The van der Waals surface area contributed by atoms with Gasteiger partial charge in [-0.1, -0.05) is 41.1 Å². The molecular weight excluding hydrogens is 386 g/mol. The van der Waals surface area contributed by atoms with Crippen LogP contribution >= 0.6 is 34.3 Å². The quantitative estimate of drug-likeness (QED) is 0.464. The predicted molar refractivity (Wildman–Crippen MR) is 108 cm³/mol. The Hall–Kier alpha value is -2.28. The number of benzene rings is 1. The van der Waals surface area contributed by atoms with Gasteiger partial charge < -0.3 is 0 Å². The van der Waals surface area contributed by atoms with Gasteiger partial charge in [-0.2, -0.15) is 0 Å². The standard InChI is InChI=1S/C19H14ClN3OS2/c20-15-7-3-8-16-18(15)22-19(26-16)23(12-13-5-1-2-9-21-13)17(24)11-14-6-4-10-25-14/h1-10H,11-12H2. The van der Waals surface area contributed by atoms with Gasteiger partial charge in [-0.3, -0.25) is 14.7 Å². The number of carbonyl (C=O) groups excluding carboxylic acids is 1. The number of aromatic nitrogens is 2. The number of thiophene rings is 1. The Bertz CT molecular complexity index is 1030. The van der Waals surface area contributed by atoms with Gasteiger partial charge in [0, 0.05) is 11.1 Å². The summed E-state index contributed by atoms with van der Waals surface area (Å²) < 4.78 is 0.961. The topological polar surface area (TPSA) is 46.1 Å². The molecule has 0 aliphatic rings. The maximum Gasteiger partial charge on any atom is 0.234 e. The number of amides is 1. The molecule has 1 amide bonds. The summed E-state index contributed by atoms with van der Waals surface area (Å²) in [6.07, 6.45) is 2.07. The third-order valence-electron chi connectivity index (χ3n) is 3.84. The van der Waals surface area contributed by atoms with E-state index in [-0.39, 0.29) is 5.91 Å². The van der Waals surface area contributed by atoms with Gasteiger partial charge in [0.1, 0.15) is 5.52 Å². The van der Waals surface area contributed by atoms with Gasteiger partial charge in [0.05, 0.1) is 28.4 Å². The third kappa shape index (κ3) is 3.62. The van der Waals surface area contributed by atoms with E-state index in [9.17, 15) is 4.79 Å². The summed E-state index contributed by atoms with van der Waals surface area (Å²) in [6, 6.07) is 15.3. The molecule has 7 heteroatoms. The van der Waals surface area contributed by atoms with Crippen molar-refractivity contribution in [1.82, 2.24) is 9.97 Å². The van der Waals surface area contributed by atoms with Gasteiger partial charge in [-0.25, -0.2) is 4.98 Å². The number of fused-ring (bicyclic) bond motifs is 1. The number of halogens is 1. The van der Waals surface area contributed by atoms with E-state index in [4.69, 9.17) is 11.6 Å². The number of para-hydroxylation sites is 1. The number of thiazole rings is 1. The Balaban J connectivity index is 1.70. The molecule has 0 N–H and O–H groups in total. The van der Waals surface area contributed by atoms with Crippen LogP contribution in [0.4, 0.5) is 5.13 Å². The molecule has 4 aromatic rings. The van der Waals surface area contributed by atoms with Crippen LogP contribution < -0.4 is 4.90 Å². The summed E-state index contributed by atoms with van der Waals surface area (Å²) >= 11 is 9.30. The summed E-state index contributed by atoms with van der Waals surface area (Å²) in [5.41, 5.74) is 1.54. The average molecular weight is 400 g/mol. The molecule has 0 saturated carbocycles. The number of anilines is 1. The van der Waals surface area contributed by atoms with Crippen molar-refractivity contribution in [3.63, 3.8) is 0 Å². The number of hydrogen-bond acceptors (Lipinski definition) is 5. The summed E-state index contributed by atoms with van der Waals surface area (Å²) in [5.74, 6) is -0.00622. The zero-order valence-electron chi connectivity index (χ0n) is 13.6. The number of pyridine rings is 1. The molecule has 0 unspecified atom stereocenters. The van der Waals surface area contributed by atoms with Gasteiger partial charge in [0.15, 0.2) is 5.13 Å². The lowest BCUT2D eigenvalue weighted by Crippen LogP contribution is -2.31. The minimum atomic E-state index is -0.00622.